The van der Waals surface area contributed by atoms with Crippen molar-refractivity contribution in [2.45, 2.75) is 25.0 Å². The molecule has 0 saturated heterocycles. The molecule has 2 aliphatic carbocycles. The fraction of sp³-hybridized carbons (Fsp3) is 0.318. The number of aliphatic hydroxyl groups excluding tert-OH is 1. The topological polar surface area (TPSA) is 163 Å². The molecule has 0 saturated carbocycles. The van der Waals surface area contributed by atoms with Crippen LogP contribution in [0.15, 0.2) is 29.5 Å². The van der Waals surface area contributed by atoms with Gasteiger partial charge in [-0.15, -0.1) is 0 Å². The van der Waals surface area contributed by atoms with Crippen LogP contribution in [-0.2, 0) is 16.0 Å². The fourth-order valence-corrected chi connectivity index (χ4v) is 5.14. The predicted molar refractivity (Wildman–Crippen MR) is 109 cm³/mol. The maximum atomic E-state index is 13.6. The first-order chi connectivity index (χ1) is 14.4. The van der Waals surface area contributed by atoms with E-state index in [1.54, 1.807) is 33.2 Å². The molecule has 3 atom stereocenters. The van der Waals surface area contributed by atoms with E-state index in [0.717, 1.165) is 0 Å². The minimum absolute atomic E-state index is 0.0275. The zero-order valence-electron chi connectivity index (χ0n) is 17.2. The number of carbonyl (C=O) groups excluding carboxylic acids is 3. The maximum absolute atomic E-state index is 13.6. The number of ketones is 2. The first-order valence-corrected chi connectivity index (χ1v) is 9.75. The van der Waals surface area contributed by atoms with E-state index in [1.807, 2.05) is 0 Å². The van der Waals surface area contributed by atoms with Crippen LogP contribution in [0.3, 0.4) is 0 Å². The van der Waals surface area contributed by atoms with Crippen molar-refractivity contribution in [1.29, 1.82) is 0 Å². The van der Waals surface area contributed by atoms with Crippen molar-refractivity contribution in [2.75, 3.05) is 14.1 Å². The second kappa shape index (κ2) is 6.53. The molecule has 2 aromatic rings. The number of nitrogens with two attached hydrogens (primary N) is 1. The molecule has 0 bridgehead atoms. The van der Waals surface area contributed by atoms with Crippen LogP contribution in [0, 0.1) is 12.8 Å². The fourth-order valence-electron chi connectivity index (χ4n) is 5.14. The third kappa shape index (κ3) is 2.47. The van der Waals surface area contributed by atoms with Crippen molar-refractivity contribution in [1.82, 2.24) is 0 Å². The number of likely N-dealkylation sites (N-methyl/N-ethyl adjacent to an activating group) is 1. The summed E-state index contributed by atoms with van der Waals surface area (Å²) in [5, 5.41) is 44.0. The molecule has 162 valence electrons. The molecule has 1 amide bonds. The summed E-state index contributed by atoms with van der Waals surface area (Å²) in [4.78, 5) is 39.1. The van der Waals surface area contributed by atoms with Gasteiger partial charge in [-0.3, -0.25) is 14.4 Å². The van der Waals surface area contributed by atoms with Gasteiger partial charge in [0.05, 0.1) is 31.0 Å². The lowest BCUT2D eigenvalue weighted by Crippen LogP contribution is -3.13. The lowest BCUT2D eigenvalue weighted by Gasteiger charge is -2.45. The number of hydrogen-bond donors (Lipinski definition) is 6. The Balaban J connectivity index is 2.11. The largest absolute Gasteiger partial charge is 0.508 e. The van der Waals surface area contributed by atoms with Gasteiger partial charge < -0.3 is 31.1 Å². The first-order valence-electron chi connectivity index (χ1n) is 9.75. The van der Waals surface area contributed by atoms with Crippen LogP contribution in [0.2, 0.25) is 0 Å². The molecule has 0 radical (unpaired) electrons. The van der Waals surface area contributed by atoms with Crippen molar-refractivity contribution in [2.24, 2.45) is 11.7 Å². The Kier molecular flexibility index (Phi) is 4.39. The molecular weight excluding hydrogens is 404 g/mol. The summed E-state index contributed by atoms with van der Waals surface area (Å²) in [6, 6.07) is 3.59. The van der Waals surface area contributed by atoms with Crippen LogP contribution >= 0.6 is 0 Å². The second-order valence-electron chi connectivity index (χ2n) is 8.44. The summed E-state index contributed by atoms with van der Waals surface area (Å²) in [5.41, 5.74) is 2.58. The number of fused-ring (bicyclic) bond motifs is 3. The third-order valence-corrected chi connectivity index (χ3v) is 6.61. The van der Waals surface area contributed by atoms with E-state index in [4.69, 9.17) is 5.73 Å². The molecule has 4 rings (SSSR count). The molecule has 0 fully saturated rings. The van der Waals surface area contributed by atoms with Gasteiger partial charge in [0, 0.05) is 0 Å². The van der Waals surface area contributed by atoms with Crippen LogP contribution in [-0.4, -0.2) is 63.6 Å². The Morgan fingerprint density at radius 3 is 2.42 bits per heavy atom. The molecular formula is C22H23N2O7+. The zero-order chi connectivity index (χ0) is 23.0. The van der Waals surface area contributed by atoms with Gasteiger partial charge in [0.15, 0.2) is 11.6 Å². The van der Waals surface area contributed by atoms with Crippen LogP contribution in [0.5, 0.6) is 11.5 Å². The van der Waals surface area contributed by atoms with Crippen molar-refractivity contribution < 1.29 is 39.7 Å². The molecule has 2 aliphatic rings. The number of aromatic hydroxyl groups is 2. The van der Waals surface area contributed by atoms with Gasteiger partial charge in [0.25, 0.3) is 5.91 Å². The van der Waals surface area contributed by atoms with Crippen molar-refractivity contribution in [3.8, 4) is 11.5 Å². The number of carbonyl (C=O) groups is 3. The number of quaternary nitrogens is 1. The van der Waals surface area contributed by atoms with Gasteiger partial charge in [-0.25, -0.2) is 0 Å². The van der Waals surface area contributed by atoms with Crippen LogP contribution < -0.4 is 10.6 Å². The average Bonchev–Trinajstić information content (AvgIpc) is 2.68. The van der Waals surface area contributed by atoms with E-state index >= 15 is 0 Å². The minimum atomic E-state index is -2.63. The van der Waals surface area contributed by atoms with E-state index in [9.17, 15) is 34.8 Å². The van der Waals surface area contributed by atoms with Crippen molar-refractivity contribution in [3.63, 3.8) is 0 Å². The SMILES string of the molecule is Cc1c2c(c(O)c3c(O)cccc13)C(=O)[C@@]1(O)C(O)=C(C(N)=O)C(=O)[C@H]([NH+](C)C)[C@H]1C2. The highest BCUT2D eigenvalue weighted by molar-refractivity contribution is 6.24. The third-order valence-electron chi connectivity index (χ3n) is 6.61. The normalized spacial score (nSPS) is 25.7. The summed E-state index contributed by atoms with van der Waals surface area (Å²) in [7, 11) is 3.26. The Morgan fingerprint density at radius 2 is 1.84 bits per heavy atom. The number of nitrogens with one attached hydrogen (secondary N) is 1. The number of aliphatic hydroxyl groups is 2. The average molecular weight is 427 g/mol. The molecule has 7 N–H and O–H groups in total. The van der Waals surface area contributed by atoms with Gasteiger partial charge in [-0.05, 0) is 35.9 Å². The molecule has 31 heavy (non-hydrogen) atoms. The van der Waals surface area contributed by atoms with Crippen LogP contribution in [0.4, 0.5) is 0 Å². The molecule has 9 nitrogen and oxygen atoms in total. The number of phenols is 2. The highest BCUT2D eigenvalue weighted by Crippen LogP contribution is 2.49. The number of Topliss-reactive ketones (excluding diaryl/α,β-unsaturated/α-hetero) is 2. The molecule has 0 aliphatic heterocycles. The summed E-state index contributed by atoms with van der Waals surface area (Å²) in [6.07, 6.45) is -0.0275. The van der Waals surface area contributed by atoms with E-state index in [0.29, 0.717) is 21.4 Å². The molecule has 2 aromatic carbocycles. The molecule has 0 aromatic heterocycles. The highest BCUT2D eigenvalue weighted by Gasteiger charge is 2.64. The van der Waals surface area contributed by atoms with Gasteiger partial charge in [-0.2, -0.15) is 0 Å². The highest BCUT2D eigenvalue weighted by atomic mass is 16.3. The van der Waals surface area contributed by atoms with Crippen molar-refractivity contribution >= 4 is 28.2 Å². The lowest BCUT2D eigenvalue weighted by atomic mass is 9.61. The first kappa shape index (κ1) is 20.8. The number of hydrogen-bond acceptors (Lipinski definition) is 7. The summed E-state index contributed by atoms with van der Waals surface area (Å²) >= 11 is 0. The number of amides is 1. The van der Waals surface area contributed by atoms with Gasteiger partial charge in [-0.1, -0.05) is 12.1 Å². The summed E-state index contributed by atoms with van der Waals surface area (Å²) < 4.78 is 0. The van der Waals surface area contributed by atoms with Gasteiger partial charge in [0.2, 0.25) is 11.6 Å². The quantitative estimate of drug-likeness (QED) is 0.336. The van der Waals surface area contributed by atoms with Gasteiger partial charge >= 0.3 is 0 Å². The standard InChI is InChI=1S/C22H22N2O7/c1-8-9-5-4-6-12(25)13(9)17(26)14-10(8)7-11-16(24(2)3)18(27)15(21(23)30)20(29)22(11,31)19(14)28/h4-6,11,16,25-26,29,31H,7H2,1-3H3,(H2,23,30)/p+1/t11-,16-,22-/m1/s1. The molecule has 0 spiro atoms. The smallest absolute Gasteiger partial charge is 0.256 e. The number of primary amides is 1. The van der Waals surface area contributed by atoms with E-state index < -0.39 is 52.1 Å². The number of phenolic OH excluding ortho intramolecular Hbond substituents is 2. The lowest BCUT2D eigenvalue weighted by molar-refractivity contribution is -0.880. The van der Waals surface area contributed by atoms with E-state index in [1.165, 1.54) is 6.07 Å². The molecule has 0 unspecified atom stereocenters. The van der Waals surface area contributed by atoms with Crippen LogP contribution in [0.25, 0.3) is 10.8 Å². The zero-order valence-corrected chi connectivity index (χ0v) is 17.2. The summed E-state index contributed by atoms with van der Waals surface area (Å²) in [5.74, 6) is -6.05. The Labute approximate surface area is 177 Å². The van der Waals surface area contributed by atoms with Crippen LogP contribution in [0.1, 0.15) is 21.5 Å². The second-order valence-corrected chi connectivity index (χ2v) is 8.44. The Hall–Kier alpha value is -3.43. The molecule has 0 heterocycles. The van der Waals surface area contributed by atoms with Crippen molar-refractivity contribution in [3.05, 3.63) is 46.2 Å². The monoisotopic (exact) mass is 427 g/mol. The van der Waals surface area contributed by atoms with Gasteiger partial charge in [0.1, 0.15) is 22.8 Å². The number of benzene rings is 2. The Bertz CT molecular complexity index is 1230. The number of rotatable bonds is 2. The predicted octanol–water partition coefficient (Wildman–Crippen LogP) is -0.961. The Morgan fingerprint density at radius 1 is 1.19 bits per heavy atom. The molecule has 9 heteroatoms. The van der Waals surface area contributed by atoms with E-state index in [-0.39, 0.29) is 23.1 Å². The van der Waals surface area contributed by atoms with E-state index in [2.05, 4.69) is 0 Å². The maximum Gasteiger partial charge on any atom is 0.256 e. The minimum Gasteiger partial charge on any atom is -0.508 e. The summed E-state index contributed by atoms with van der Waals surface area (Å²) in [6.45, 7) is 1.71. The number of aryl methyl sites for hydroxylation is 1.